The zero-order chi connectivity index (χ0) is 16.2. The molecule has 1 unspecified atom stereocenters. The van der Waals surface area contributed by atoms with Gasteiger partial charge in [0.1, 0.15) is 0 Å². The molecule has 0 bridgehead atoms. The van der Waals surface area contributed by atoms with Crippen LogP contribution in [-0.2, 0) is 14.8 Å². The summed E-state index contributed by atoms with van der Waals surface area (Å²) in [6.07, 6.45) is -2.07. The molecule has 0 amide bonds. The van der Waals surface area contributed by atoms with Crippen molar-refractivity contribution in [2.24, 2.45) is 0 Å². The number of hydrogen-bond acceptors (Lipinski definition) is 6. The lowest BCUT2D eigenvalue weighted by Crippen LogP contribution is -2.33. The van der Waals surface area contributed by atoms with Gasteiger partial charge in [0.15, 0.2) is 4.90 Å². The topological polar surface area (TPSA) is 147 Å². The molecular weight excluding hydrogens is 304 g/mol. The molecule has 0 aromatic heterocycles. The Labute approximate surface area is 120 Å². The third-order valence-electron chi connectivity index (χ3n) is 2.59. The Morgan fingerprint density at radius 3 is 2.62 bits per heavy atom. The lowest BCUT2D eigenvalue weighted by Gasteiger charge is -2.11. The Morgan fingerprint density at radius 1 is 1.48 bits per heavy atom. The van der Waals surface area contributed by atoms with Gasteiger partial charge in [0, 0.05) is 12.1 Å². The van der Waals surface area contributed by atoms with Crippen LogP contribution in [0.3, 0.4) is 0 Å². The number of carbonyl (C=O) groups is 1. The highest BCUT2D eigenvalue weighted by Crippen LogP contribution is 2.26. The molecule has 0 spiro atoms. The van der Waals surface area contributed by atoms with Crippen molar-refractivity contribution in [3.05, 3.63) is 33.9 Å². The van der Waals surface area contributed by atoms with E-state index < -0.39 is 50.6 Å². The maximum atomic E-state index is 12.0. The second kappa shape index (κ2) is 6.61. The fourth-order valence-corrected chi connectivity index (χ4v) is 2.96. The van der Waals surface area contributed by atoms with Crippen LogP contribution in [0.25, 0.3) is 0 Å². The number of rotatable bonds is 7. The summed E-state index contributed by atoms with van der Waals surface area (Å²) in [4.78, 5) is 20.0. The number of para-hydroxylation sites is 1. The van der Waals surface area contributed by atoms with Gasteiger partial charge in [-0.1, -0.05) is 12.1 Å². The first-order valence-corrected chi connectivity index (χ1v) is 7.27. The Kier molecular flexibility index (Phi) is 5.35. The summed E-state index contributed by atoms with van der Waals surface area (Å²) >= 11 is 0. The van der Waals surface area contributed by atoms with Crippen molar-refractivity contribution < 1.29 is 28.3 Å². The third-order valence-corrected chi connectivity index (χ3v) is 4.05. The van der Waals surface area contributed by atoms with Gasteiger partial charge in [-0.05, 0) is 13.0 Å². The number of nitro groups is 1. The number of carboxylic acids is 1. The third kappa shape index (κ3) is 4.48. The van der Waals surface area contributed by atoms with Gasteiger partial charge >= 0.3 is 5.97 Å². The fraction of sp³-hybridized carbons (Fsp3) is 0.364. The second-order valence-corrected chi connectivity index (χ2v) is 6.02. The van der Waals surface area contributed by atoms with Gasteiger partial charge in [-0.15, -0.1) is 0 Å². The highest BCUT2D eigenvalue weighted by atomic mass is 32.2. The van der Waals surface area contributed by atoms with Gasteiger partial charge in [0.25, 0.3) is 5.69 Å². The van der Waals surface area contributed by atoms with Crippen molar-refractivity contribution in [2.75, 3.05) is 6.54 Å². The van der Waals surface area contributed by atoms with E-state index in [1.54, 1.807) is 0 Å². The molecule has 116 valence electrons. The zero-order valence-corrected chi connectivity index (χ0v) is 11.8. The molecule has 0 heterocycles. The standard InChI is InChI=1S/C11H14N2O7S/c1-7-3-2-4-9(11(7)13(17)18)21(19,20)12-6-8(14)5-10(15)16/h2-4,8,12,14H,5-6H2,1H3,(H,15,16). The quantitative estimate of drug-likeness (QED) is 0.474. The van der Waals surface area contributed by atoms with Crippen molar-refractivity contribution in [1.82, 2.24) is 4.72 Å². The molecule has 21 heavy (non-hydrogen) atoms. The lowest BCUT2D eigenvalue weighted by atomic mass is 10.2. The Bertz CT molecular complexity index is 657. The molecule has 9 nitrogen and oxygen atoms in total. The van der Waals surface area contributed by atoms with Crippen LogP contribution in [0.1, 0.15) is 12.0 Å². The molecule has 0 saturated carbocycles. The van der Waals surface area contributed by atoms with E-state index in [2.05, 4.69) is 0 Å². The predicted molar refractivity (Wildman–Crippen MR) is 71.3 cm³/mol. The Hall–Kier alpha value is -2.04. The van der Waals surface area contributed by atoms with Gasteiger partial charge in [-0.3, -0.25) is 14.9 Å². The maximum absolute atomic E-state index is 12.0. The number of aliphatic hydroxyl groups excluding tert-OH is 1. The molecular formula is C11H14N2O7S. The summed E-state index contributed by atoms with van der Waals surface area (Å²) in [7, 11) is -4.23. The summed E-state index contributed by atoms with van der Waals surface area (Å²) in [5.41, 5.74) is -0.383. The number of aliphatic carboxylic acids is 1. The first kappa shape index (κ1) is 17.0. The van der Waals surface area contributed by atoms with Gasteiger partial charge in [0.2, 0.25) is 10.0 Å². The number of nitrogens with zero attached hydrogens (tertiary/aromatic N) is 1. The van der Waals surface area contributed by atoms with Crippen LogP contribution in [0.4, 0.5) is 5.69 Å². The van der Waals surface area contributed by atoms with Gasteiger partial charge in [0.05, 0.1) is 17.4 Å². The minimum absolute atomic E-state index is 0.175. The van der Waals surface area contributed by atoms with Crippen molar-refractivity contribution in [2.45, 2.75) is 24.3 Å². The molecule has 0 saturated heterocycles. The largest absolute Gasteiger partial charge is 0.481 e. The zero-order valence-electron chi connectivity index (χ0n) is 11.0. The summed E-state index contributed by atoms with van der Waals surface area (Å²) in [5, 5.41) is 28.7. The van der Waals surface area contributed by atoms with Gasteiger partial charge in [-0.25, -0.2) is 13.1 Å². The Balaban J connectivity index is 3.02. The van der Waals surface area contributed by atoms with Crippen molar-refractivity contribution in [3.8, 4) is 0 Å². The molecule has 0 fully saturated rings. The van der Waals surface area contributed by atoms with Crippen LogP contribution in [0, 0.1) is 17.0 Å². The number of nitro benzene ring substituents is 1. The molecule has 10 heteroatoms. The molecule has 1 atom stereocenters. The second-order valence-electron chi connectivity index (χ2n) is 4.28. The summed E-state index contributed by atoms with van der Waals surface area (Å²) in [6, 6.07) is 3.82. The number of benzene rings is 1. The SMILES string of the molecule is Cc1cccc(S(=O)(=O)NCC(O)CC(=O)O)c1[N+](=O)[O-]. The number of carboxylic acid groups (broad SMARTS) is 1. The van der Waals surface area contributed by atoms with E-state index in [1.165, 1.54) is 19.1 Å². The van der Waals surface area contributed by atoms with Crippen molar-refractivity contribution in [3.63, 3.8) is 0 Å². The number of aryl methyl sites for hydroxylation is 1. The monoisotopic (exact) mass is 318 g/mol. The van der Waals surface area contributed by atoms with Crippen molar-refractivity contribution >= 4 is 21.7 Å². The van der Waals surface area contributed by atoms with Crippen LogP contribution < -0.4 is 4.72 Å². The average Bonchev–Trinajstić information content (AvgIpc) is 2.35. The summed E-state index contributed by atoms with van der Waals surface area (Å²) in [5.74, 6) is -1.29. The average molecular weight is 318 g/mol. The van der Waals surface area contributed by atoms with Crippen LogP contribution in [0.5, 0.6) is 0 Å². The number of aliphatic hydroxyl groups is 1. The molecule has 0 aliphatic carbocycles. The lowest BCUT2D eigenvalue weighted by molar-refractivity contribution is -0.388. The number of nitrogens with one attached hydrogen (secondary N) is 1. The molecule has 0 aliphatic rings. The smallest absolute Gasteiger partial charge is 0.306 e. The van der Waals surface area contributed by atoms with Crippen LogP contribution in [0.2, 0.25) is 0 Å². The molecule has 1 aromatic rings. The first-order valence-electron chi connectivity index (χ1n) is 5.78. The maximum Gasteiger partial charge on any atom is 0.306 e. The van der Waals surface area contributed by atoms with Crippen LogP contribution in [-0.4, -0.2) is 42.2 Å². The molecule has 1 aromatic carbocycles. The molecule has 1 rings (SSSR count). The van der Waals surface area contributed by atoms with E-state index in [0.717, 1.165) is 6.07 Å². The molecule has 0 aliphatic heterocycles. The van der Waals surface area contributed by atoms with E-state index in [-0.39, 0.29) is 5.56 Å². The molecule has 3 N–H and O–H groups in total. The first-order chi connectivity index (χ1) is 9.65. The Morgan fingerprint density at radius 2 is 2.10 bits per heavy atom. The van der Waals surface area contributed by atoms with Gasteiger partial charge in [-0.2, -0.15) is 0 Å². The predicted octanol–water partition coefficient (Wildman–Crippen LogP) is 0.0171. The highest BCUT2D eigenvalue weighted by Gasteiger charge is 2.27. The van der Waals surface area contributed by atoms with E-state index in [4.69, 9.17) is 5.11 Å². The summed E-state index contributed by atoms with van der Waals surface area (Å²) < 4.78 is 26.0. The minimum Gasteiger partial charge on any atom is -0.481 e. The van der Waals surface area contributed by atoms with Crippen LogP contribution >= 0.6 is 0 Å². The minimum atomic E-state index is -4.23. The van der Waals surface area contributed by atoms with Crippen molar-refractivity contribution in [1.29, 1.82) is 0 Å². The van der Waals surface area contributed by atoms with E-state index in [1.807, 2.05) is 4.72 Å². The van der Waals surface area contributed by atoms with E-state index in [9.17, 15) is 28.4 Å². The van der Waals surface area contributed by atoms with E-state index in [0.29, 0.717) is 0 Å². The fourth-order valence-electron chi connectivity index (χ4n) is 1.64. The van der Waals surface area contributed by atoms with Crippen LogP contribution in [0.15, 0.2) is 23.1 Å². The normalized spacial score (nSPS) is 12.9. The van der Waals surface area contributed by atoms with Gasteiger partial charge < -0.3 is 10.2 Å². The molecule has 0 radical (unpaired) electrons. The number of hydrogen-bond donors (Lipinski definition) is 3. The summed E-state index contributed by atoms with van der Waals surface area (Å²) in [6.45, 7) is 0.843. The number of sulfonamides is 1. The highest BCUT2D eigenvalue weighted by molar-refractivity contribution is 7.89. The van der Waals surface area contributed by atoms with E-state index >= 15 is 0 Å².